The molecule has 0 N–H and O–H groups in total. The molecule has 3 unspecified atom stereocenters. The molecule has 1 spiro atoms. The van der Waals surface area contributed by atoms with Crippen LogP contribution in [0.25, 0.3) is 0 Å². The zero-order valence-electron chi connectivity index (χ0n) is 32.4. The number of piperidine rings is 2. The van der Waals surface area contributed by atoms with Crippen molar-refractivity contribution in [1.82, 2.24) is 29.4 Å². The molecule has 0 radical (unpaired) electrons. The number of nitrogens with zero attached hydrogens (tertiary/aromatic N) is 6. The van der Waals surface area contributed by atoms with Crippen LogP contribution < -0.4 is 0 Å². The van der Waals surface area contributed by atoms with Crippen LogP contribution >= 0.6 is 0 Å². The maximum atomic E-state index is 2.96. The first-order chi connectivity index (χ1) is 20.6. The van der Waals surface area contributed by atoms with E-state index in [0.717, 1.165) is 18.0 Å². The van der Waals surface area contributed by atoms with Gasteiger partial charge in [0.05, 0.1) is 0 Å². The maximum absolute atomic E-state index is 2.96. The predicted octanol–water partition coefficient (Wildman–Crippen LogP) is 6.21. The highest BCUT2D eigenvalue weighted by molar-refractivity contribution is 5.11. The maximum Gasteiger partial charge on any atom is 0.0212 e. The molecule has 5 heterocycles. The van der Waals surface area contributed by atoms with Crippen molar-refractivity contribution in [1.29, 1.82) is 0 Å². The lowest BCUT2D eigenvalue weighted by molar-refractivity contribution is -0.170. The van der Waals surface area contributed by atoms with Gasteiger partial charge in [0, 0.05) is 113 Å². The molecule has 0 saturated carbocycles. The van der Waals surface area contributed by atoms with Crippen molar-refractivity contribution in [3.63, 3.8) is 0 Å². The average Bonchev–Trinajstić information content (AvgIpc) is 2.82. The number of hydrogen-bond acceptors (Lipinski definition) is 6. The first-order valence-electron chi connectivity index (χ1n) is 19.1. The van der Waals surface area contributed by atoms with Gasteiger partial charge in [-0.3, -0.25) is 29.4 Å². The first-order valence-corrected chi connectivity index (χ1v) is 19.1. The molecule has 5 rings (SSSR count). The van der Waals surface area contributed by atoms with Gasteiger partial charge < -0.3 is 0 Å². The van der Waals surface area contributed by atoms with Gasteiger partial charge in [-0.1, -0.05) is 48.5 Å². The summed E-state index contributed by atoms with van der Waals surface area (Å²) in [6, 6.07) is 2.89. The van der Waals surface area contributed by atoms with Crippen LogP contribution in [-0.4, -0.2) is 143 Å². The Morgan fingerprint density at radius 1 is 0.578 bits per heavy atom. The van der Waals surface area contributed by atoms with Crippen molar-refractivity contribution < 1.29 is 0 Å². The largest absolute Gasteiger partial charge is 0.300 e. The van der Waals surface area contributed by atoms with Gasteiger partial charge in [0.2, 0.25) is 0 Å². The minimum Gasteiger partial charge on any atom is -0.300 e. The topological polar surface area (TPSA) is 19.4 Å². The van der Waals surface area contributed by atoms with E-state index in [1.807, 2.05) is 0 Å². The first kappa shape index (κ1) is 36.1. The Bertz CT molecular complexity index is 959. The second-order valence-electron chi connectivity index (χ2n) is 21.1. The van der Waals surface area contributed by atoms with Crippen LogP contribution in [0.5, 0.6) is 0 Å². The molecule has 0 aliphatic carbocycles. The highest BCUT2D eigenvalue weighted by atomic mass is 15.4. The second-order valence-corrected chi connectivity index (χ2v) is 21.1. The van der Waals surface area contributed by atoms with Gasteiger partial charge in [0.15, 0.2) is 0 Å². The summed E-state index contributed by atoms with van der Waals surface area (Å²) in [5.41, 5.74) is 1.87. The van der Waals surface area contributed by atoms with Crippen molar-refractivity contribution in [2.24, 2.45) is 22.2 Å². The summed E-state index contributed by atoms with van der Waals surface area (Å²) in [6.07, 6.45) is 5.43. The van der Waals surface area contributed by atoms with Crippen molar-refractivity contribution in [2.45, 2.75) is 151 Å². The van der Waals surface area contributed by atoms with Gasteiger partial charge in [0.1, 0.15) is 0 Å². The highest BCUT2D eigenvalue weighted by Crippen LogP contribution is 2.46. The molecule has 5 saturated heterocycles. The van der Waals surface area contributed by atoms with Crippen LogP contribution in [0.3, 0.4) is 0 Å². The lowest BCUT2D eigenvalue weighted by Crippen LogP contribution is -2.77. The van der Waals surface area contributed by atoms with Crippen LogP contribution in [0.4, 0.5) is 0 Å². The molecular formula is C39H76N6. The lowest BCUT2D eigenvalue weighted by atomic mass is 9.68. The van der Waals surface area contributed by atoms with Crippen molar-refractivity contribution in [3.8, 4) is 0 Å². The minimum atomic E-state index is 0.288. The lowest BCUT2D eigenvalue weighted by Gasteiger charge is -2.66. The molecule has 5 aliphatic heterocycles. The molecule has 5 atom stereocenters. The molecule has 0 aromatic carbocycles. The molecule has 0 aromatic rings. The van der Waals surface area contributed by atoms with Crippen molar-refractivity contribution >= 4 is 0 Å². The Kier molecular flexibility index (Phi) is 10.3. The third kappa shape index (κ3) is 8.87. The molecule has 5 aliphatic rings. The fraction of sp³-hybridized carbons (Fsp3) is 1.00. The molecule has 262 valence electrons. The molecule has 0 amide bonds. The third-order valence-corrected chi connectivity index (χ3v) is 12.2. The van der Waals surface area contributed by atoms with E-state index in [0.29, 0.717) is 33.9 Å². The summed E-state index contributed by atoms with van der Waals surface area (Å²) in [4.78, 5) is 17.1. The van der Waals surface area contributed by atoms with Crippen LogP contribution in [0, 0.1) is 22.2 Å². The summed E-state index contributed by atoms with van der Waals surface area (Å²) in [7, 11) is 0. The van der Waals surface area contributed by atoms with Gasteiger partial charge in [-0.25, -0.2) is 0 Å². The van der Waals surface area contributed by atoms with E-state index < -0.39 is 0 Å². The van der Waals surface area contributed by atoms with Gasteiger partial charge in [-0.15, -0.1) is 0 Å². The fourth-order valence-corrected chi connectivity index (χ4v) is 9.89. The summed E-state index contributed by atoms with van der Waals surface area (Å²) < 4.78 is 0. The Balaban J connectivity index is 1.28. The van der Waals surface area contributed by atoms with E-state index in [2.05, 4.69) is 119 Å². The zero-order chi connectivity index (χ0) is 33.2. The Morgan fingerprint density at radius 2 is 1.11 bits per heavy atom. The Morgan fingerprint density at radius 3 is 1.64 bits per heavy atom. The predicted molar refractivity (Wildman–Crippen MR) is 193 cm³/mol. The molecule has 6 nitrogen and oxygen atoms in total. The van der Waals surface area contributed by atoms with Gasteiger partial charge in [0.25, 0.3) is 0 Å². The van der Waals surface area contributed by atoms with Crippen LogP contribution in [0.2, 0.25) is 0 Å². The van der Waals surface area contributed by atoms with E-state index in [1.165, 1.54) is 104 Å². The van der Waals surface area contributed by atoms with Crippen molar-refractivity contribution in [2.75, 3.05) is 78.5 Å². The summed E-state index contributed by atoms with van der Waals surface area (Å²) >= 11 is 0. The quantitative estimate of drug-likeness (QED) is 0.346. The Hall–Kier alpha value is -0.240. The highest BCUT2D eigenvalue weighted by Gasteiger charge is 2.56. The normalized spacial score (nSPS) is 34.2. The SMILES string of the molecule is C[C@H]1CN(CC(C)(C)C)C(C[C@H]2CC(N3CCN(C(C)(C)C)CC3)CCN2CC(C)(C)C)CC1N1CC2(C1)CN(C(C)(C)C)C2. The third-order valence-electron chi connectivity index (χ3n) is 12.2. The average molecular weight is 629 g/mol. The van der Waals surface area contributed by atoms with E-state index >= 15 is 0 Å². The summed E-state index contributed by atoms with van der Waals surface area (Å²) in [5.74, 6) is 0.753. The monoisotopic (exact) mass is 629 g/mol. The minimum absolute atomic E-state index is 0.288. The van der Waals surface area contributed by atoms with E-state index in [9.17, 15) is 0 Å². The van der Waals surface area contributed by atoms with Gasteiger partial charge >= 0.3 is 0 Å². The van der Waals surface area contributed by atoms with Crippen LogP contribution in [-0.2, 0) is 0 Å². The molecule has 45 heavy (non-hydrogen) atoms. The number of likely N-dealkylation sites (tertiary alicyclic amines) is 4. The standard InChI is InChI=1S/C39H76N6/c1-30-23-42(25-36(5,6)7)33(22-34(30)43-26-39(27-43)28-45(29-39)38(11,12)13)21-32-20-31(14-15-41(32)24-35(2,3)4)40-16-18-44(19-17-40)37(8,9)10/h30-34H,14-29H2,1-13H3/t30-,31?,32+,33?,34?/m0/s1. The smallest absolute Gasteiger partial charge is 0.0212 e. The van der Waals surface area contributed by atoms with Crippen molar-refractivity contribution in [3.05, 3.63) is 0 Å². The molecule has 5 fully saturated rings. The van der Waals surface area contributed by atoms with Gasteiger partial charge in [-0.05, 0) is 90.5 Å². The fourth-order valence-electron chi connectivity index (χ4n) is 9.89. The molecule has 0 aromatic heterocycles. The zero-order valence-corrected chi connectivity index (χ0v) is 32.4. The van der Waals surface area contributed by atoms with Crippen LogP contribution in [0.1, 0.15) is 116 Å². The number of rotatable bonds is 6. The Labute approximate surface area is 280 Å². The van der Waals surface area contributed by atoms with E-state index in [4.69, 9.17) is 0 Å². The number of piperazine rings is 1. The summed E-state index contributed by atoms with van der Waals surface area (Å²) in [5, 5.41) is 0. The van der Waals surface area contributed by atoms with E-state index in [-0.39, 0.29) is 5.54 Å². The second kappa shape index (κ2) is 12.9. The molecular weight excluding hydrogens is 552 g/mol. The molecule has 6 heteroatoms. The summed E-state index contributed by atoms with van der Waals surface area (Å²) in [6.45, 7) is 46.9. The molecule has 0 bridgehead atoms. The van der Waals surface area contributed by atoms with E-state index in [1.54, 1.807) is 0 Å². The van der Waals surface area contributed by atoms with Gasteiger partial charge in [-0.2, -0.15) is 0 Å². The van der Waals surface area contributed by atoms with Crippen LogP contribution in [0.15, 0.2) is 0 Å². The number of hydrogen-bond donors (Lipinski definition) is 0.